The second-order valence-corrected chi connectivity index (χ2v) is 7.64. The highest BCUT2D eigenvalue weighted by molar-refractivity contribution is 6.22. The summed E-state index contributed by atoms with van der Waals surface area (Å²) in [6, 6.07) is 37.4. The molecule has 6 aromatic carbocycles. The van der Waals surface area contributed by atoms with E-state index in [9.17, 15) is 5.11 Å². The molecule has 0 bridgehead atoms. The van der Waals surface area contributed by atoms with Crippen LogP contribution in [0.15, 0.2) is 109 Å². The van der Waals surface area contributed by atoms with Crippen molar-refractivity contribution >= 4 is 43.1 Å². The summed E-state index contributed by atoms with van der Waals surface area (Å²) < 4.78 is 0. The summed E-state index contributed by atoms with van der Waals surface area (Å²) in [5, 5.41) is 19.6. The van der Waals surface area contributed by atoms with Crippen LogP contribution in [0.3, 0.4) is 0 Å². The number of aryl methyl sites for hydroxylation is 1. The fourth-order valence-electron chi connectivity index (χ4n) is 4.19. The highest BCUT2D eigenvalue weighted by Gasteiger charge is 2.08. The first-order valence-corrected chi connectivity index (χ1v) is 10.2. The number of hydrogen-bond donors (Lipinski definition) is 1. The number of benzene rings is 6. The molecule has 0 saturated carbocycles. The fraction of sp³-hybridized carbons (Fsp3) is 0.0345. The summed E-state index contributed by atoms with van der Waals surface area (Å²) in [5.41, 5.74) is 1.32. The summed E-state index contributed by atoms with van der Waals surface area (Å²) in [7, 11) is 0. The molecule has 0 aliphatic carbocycles. The van der Waals surface area contributed by atoms with E-state index in [1.165, 1.54) is 37.9 Å². The van der Waals surface area contributed by atoms with E-state index in [2.05, 4.69) is 79.7 Å². The van der Waals surface area contributed by atoms with Gasteiger partial charge in [0.15, 0.2) is 0 Å². The van der Waals surface area contributed by atoms with Crippen LogP contribution in [0.4, 0.5) is 0 Å². The Morgan fingerprint density at radius 3 is 1.57 bits per heavy atom. The average Bonchev–Trinajstić information content (AvgIpc) is 2.79. The van der Waals surface area contributed by atoms with Gasteiger partial charge >= 0.3 is 0 Å². The minimum absolute atomic E-state index is 0.336. The molecule has 0 atom stereocenters. The van der Waals surface area contributed by atoms with Crippen molar-refractivity contribution in [3.63, 3.8) is 0 Å². The molecule has 0 radical (unpaired) electrons. The van der Waals surface area contributed by atoms with Crippen molar-refractivity contribution in [1.29, 1.82) is 0 Å². The number of phenols is 1. The molecule has 0 fully saturated rings. The van der Waals surface area contributed by atoms with E-state index in [0.717, 1.165) is 10.8 Å². The predicted molar refractivity (Wildman–Crippen MR) is 129 cm³/mol. The normalized spacial score (nSPS) is 11.0. The second kappa shape index (κ2) is 7.53. The van der Waals surface area contributed by atoms with E-state index < -0.39 is 0 Å². The summed E-state index contributed by atoms with van der Waals surface area (Å²) >= 11 is 0. The zero-order chi connectivity index (χ0) is 20.5. The highest BCUT2D eigenvalue weighted by Crippen LogP contribution is 2.36. The molecule has 1 nitrogen and oxygen atoms in total. The first kappa shape index (κ1) is 18.2. The van der Waals surface area contributed by atoms with Crippen molar-refractivity contribution in [2.45, 2.75) is 6.92 Å². The summed E-state index contributed by atoms with van der Waals surface area (Å²) in [6.07, 6.45) is 0. The van der Waals surface area contributed by atoms with Crippen molar-refractivity contribution in [1.82, 2.24) is 0 Å². The molecular weight excluding hydrogens is 364 g/mol. The lowest BCUT2D eigenvalue weighted by atomic mass is 9.94. The van der Waals surface area contributed by atoms with Gasteiger partial charge in [-0.25, -0.2) is 0 Å². The van der Waals surface area contributed by atoms with Crippen LogP contribution in [0, 0.1) is 6.92 Å². The lowest BCUT2D eigenvalue weighted by Crippen LogP contribution is -1.83. The maximum atomic E-state index is 10.1. The molecule has 1 N–H and O–H groups in total. The van der Waals surface area contributed by atoms with Crippen LogP contribution in [0.25, 0.3) is 43.1 Å². The third-order valence-electron chi connectivity index (χ3n) is 5.70. The third kappa shape index (κ3) is 3.15. The van der Waals surface area contributed by atoms with Crippen LogP contribution < -0.4 is 0 Å². The SMILES string of the molecule is Cc1ccccc1.Oc1cccc2c1ccc1c2ccc2c3ccccc3ccc21. The van der Waals surface area contributed by atoms with Crippen LogP contribution in [0.2, 0.25) is 0 Å². The van der Waals surface area contributed by atoms with Crippen molar-refractivity contribution < 1.29 is 5.11 Å². The van der Waals surface area contributed by atoms with E-state index >= 15 is 0 Å². The number of aromatic hydroxyl groups is 1. The van der Waals surface area contributed by atoms with Gasteiger partial charge in [0, 0.05) is 5.39 Å². The molecule has 1 heteroatoms. The van der Waals surface area contributed by atoms with Crippen molar-refractivity contribution in [2.24, 2.45) is 0 Å². The Morgan fingerprint density at radius 1 is 0.400 bits per heavy atom. The standard InChI is InChI=1S/C22H14O.C7H8/c23-22-7-3-6-16-19-11-10-17-15-5-2-1-4-14(15)8-9-18(17)20(19)12-13-21(16)22;1-7-5-3-2-4-6-7/h1-13,23H;2-6H,1H3. The smallest absolute Gasteiger partial charge is 0.123 e. The number of fused-ring (bicyclic) bond motifs is 7. The summed E-state index contributed by atoms with van der Waals surface area (Å²) in [5.74, 6) is 0.336. The van der Waals surface area contributed by atoms with E-state index in [4.69, 9.17) is 0 Å². The first-order chi connectivity index (χ1) is 14.7. The Morgan fingerprint density at radius 2 is 0.900 bits per heavy atom. The number of phenolic OH excluding ortho intramolecular Hbond substituents is 1. The lowest BCUT2D eigenvalue weighted by Gasteiger charge is -2.10. The molecule has 0 unspecified atom stereocenters. The molecule has 0 amide bonds. The van der Waals surface area contributed by atoms with Crippen LogP contribution in [-0.2, 0) is 0 Å². The van der Waals surface area contributed by atoms with Crippen LogP contribution in [-0.4, -0.2) is 5.11 Å². The van der Waals surface area contributed by atoms with Gasteiger partial charge in [-0.3, -0.25) is 0 Å². The van der Waals surface area contributed by atoms with E-state index in [1.807, 2.05) is 30.3 Å². The molecule has 0 saturated heterocycles. The van der Waals surface area contributed by atoms with Crippen molar-refractivity contribution in [3.8, 4) is 5.75 Å². The molecule has 0 aliphatic heterocycles. The quantitative estimate of drug-likeness (QED) is 0.262. The van der Waals surface area contributed by atoms with Crippen molar-refractivity contribution in [2.75, 3.05) is 0 Å². The minimum atomic E-state index is 0.336. The van der Waals surface area contributed by atoms with E-state index in [1.54, 1.807) is 6.07 Å². The average molecular weight is 386 g/mol. The van der Waals surface area contributed by atoms with Gasteiger partial charge in [-0.1, -0.05) is 109 Å². The fourth-order valence-corrected chi connectivity index (χ4v) is 4.19. The van der Waals surface area contributed by atoms with Gasteiger partial charge < -0.3 is 5.11 Å². The van der Waals surface area contributed by atoms with Gasteiger partial charge in [-0.05, 0) is 50.7 Å². The molecule has 6 rings (SSSR count). The zero-order valence-corrected chi connectivity index (χ0v) is 16.8. The molecular formula is C29H22O. The molecule has 0 heterocycles. The molecule has 0 spiro atoms. The monoisotopic (exact) mass is 386 g/mol. The van der Waals surface area contributed by atoms with Crippen molar-refractivity contribution in [3.05, 3.63) is 115 Å². The van der Waals surface area contributed by atoms with Gasteiger partial charge in [-0.2, -0.15) is 0 Å². The number of hydrogen-bond acceptors (Lipinski definition) is 1. The second-order valence-electron chi connectivity index (χ2n) is 7.64. The van der Waals surface area contributed by atoms with Gasteiger partial charge in [0.05, 0.1) is 0 Å². The largest absolute Gasteiger partial charge is 0.507 e. The third-order valence-corrected chi connectivity index (χ3v) is 5.70. The van der Waals surface area contributed by atoms with Crippen LogP contribution in [0.5, 0.6) is 5.75 Å². The molecule has 144 valence electrons. The Balaban J connectivity index is 0.000000236. The zero-order valence-electron chi connectivity index (χ0n) is 16.8. The predicted octanol–water partition coefficient (Wildman–Crippen LogP) is 8.00. The highest BCUT2D eigenvalue weighted by atomic mass is 16.3. The van der Waals surface area contributed by atoms with Gasteiger partial charge in [-0.15, -0.1) is 0 Å². The van der Waals surface area contributed by atoms with Gasteiger partial charge in [0.1, 0.15) is 5.75 Å². The Hall–Kier alpha value is -3.84. The van der Waals surface area contributed by atoms with Gasteiger partial charge in [0.2, 0.25) is 0 Å². The topological polar surface area (TPSA) is 20.2 Å². The number of rotatable bonds is 0. The van der Waals surface area contributed by atoms with Crippen LogP contribution >= 0.6 is 0 Å². The van der Waals surface area contributed by atoms with E-state index in [0.29, 0.717) is 5.75 Å². The Labute approximate surface area is 175 Å². The lowest BCUT2D eigenvalue weighted by molar-refractivity contribution is 0.481. The molecule has 30 heavy (non-hydrogen) atoms. The van der Waals surface area contributed by atoms with Crippen LogP contribution in [0.1, 0.15) is 5.56 Å². The Bertz CT molecular complexity index is 1500. The molecule has 0 aliphatic rings. The minimum Gasteiger partial charge on any atom is -0.507 e. The Kier molecular flexibility index (Phi) is 4.57. The van der Waals surface area contributed by atoms with E-state index in [-0.39, 0.29) is 0 Å². The maximum absolute atomic E-state index is 10.1. The molecule has 6 aromatic rings. The summed E-state index contributed by atoms with van der Waals surface area (Å²) in [4.78, 5) is 0. The maximum Gasteiger partial charge on any atom is 0.123 e. The molecule has 0 aromatic heterocycles. The summed E-state index contributed by atoms with van der Waals surface area (Å²) in [6.45, 7) is 2.08. The van der Waals surface area contributed by atoms with Gasteiger partial charge in [0.25, 0.3) is 0 Å². The first-order valence-electron chi connectivity index (χ1n) is 10.2.